The summed E-state index contributed by atoms with van der Waals surface area (Å²) in [5.74, 6) is 0.626. The van der Waals surface area contributed by atoms with Gasteiger partial charge >= 0.3 is 0 Å². The van der Waals surface area contributed by atoms with Crippen molar-refractivity contribution in [2.75, 3.05) is 12.4 Å². The number of H-pyrrole nitrogens is 1. The molecule has 0 unspecified atom stereocenters. The summed E-state index contributed by atoms with van der Waals surface area (Å²) in [5, 5.41) is 11.0. The monoisotopic (exact) mass is 446 g/mol. The lowest BCUT2D eigenvalue weighted by atomic mass is 10.0. The maximum atomic E-state index is 14.0. The highest BCUT2D eigenvalue weighted by Gasteiger charge is 2.16. The minimum Gasteiger partial charge on any atom is -0.496 e. The molecule has 0 atom stereocenters. The number of aromatic amines is 1. The highest BCUT2D eigenvalue weighted by molar-refractivity contribution is 5.94. The summed E-state index contributed by atoms with van der Waals surface area (Å²) in [5.41, 5.74) is 3.91. The minimum absolute atomic E-state index is 0.124. The van der Waals surface area contributed by atoms with Gasteiger partial charge in [-0.1, -0.05) is 0 Å². The maximum Gasteiger partial charge on any atom is 0.183 e. The number of nitrogens with one attached hydrogen (secondary N) is 2. The van der Waals surface area contributed by atoms with Gasteiger partial charge in [-0.15, -0.1) is 0 Å². The second-order valence-corrected chi connectivity index (χ2v) is 7.61. The van der Waals surface area contributed by atoms with Gasteiger partial charge in [0.2, 0.25) is 0 Å². The molecule has 33 heavy (non-hydrogen) atoms. The Balaban J connectivity index is 1.54. The molecule has 5 rings (SSSR count). The largest absolute Gasteiger partial charge is 0.496 e. The first-order valence-corrected chi connectivity index (χ1v) is 10.2. The number of halogens is 2. The van der Waals surface area contributed by atoms with Gasteiger partial charge in [-0.05, 0) is 49.4 Å². The molecule has 2 aromatic carbocycles. The quantitative estimate of drug-likeness (QED) is 0.380. The van der Waals surface area contributed by atoms with E-state index in [9.17, 15) is 8.78 Å². The molecule has 2 N–H and O–H groups in total. The summed E-state index contributed by atoms with van der Waals surface area (Å²) < 4.78 is 34.7. The summed E-state index contributed by atoms with van der Waals surface area (Å²) in [6.07, 6.45) is 1.97. The molecule has 3 aromatic heterocycles. The Bertz CT molecular complexity index is 1470. The van der Waals surface area contributed by atoms with Crippen LogP contribution in [0.2, 0.25) is 0 Å². The standard InChI is InChI=1S/C24H20F2N6O/c1-13-27-20(12-32(13)2)14-4-8-21(33-3)17(10-14)23-16-6-9-22(29-24(16)31-30-23)28-19-7-5-15(25)11-18(19)26/h4-12H,1-3H3,(H2,28,29,30,31). The fraction of sp³-hybridized carbons (Fsp3) is 0.125. The van der Waals surface area contributed by atoms with Crippen molar-refractivity contribution >= 4 is 22.5 Å². The van der Waals surface area contributed by atoms with Crippen LogP contribution in [0.25, 0.3) is 33.5 Å². The van der Waals surface area contributed by atoms with Gasteiger partial charge in [-0.3, -0.25) is 5.10 Å². The molecule has 9 heteroatoms. The van der Waals surface area contributed by atoms with E-state index in [1.54, 1.807) is 13.2 Å². The molecule has 0 aliphatic carbocycles. The SMILES string of the molecule is COc1ccc(-c2cn(C)c(C)n2)cc1-c1[nH]nc2nc(Nc3ccc(F)cc3F)ccc12. The topological polar surface area (TPSA) is 80.7 Å². The molecular formula is C24H20F2N6O. The van der Waals surface area contributed by atoms with Crippen molar-refractivity contribution in [3.63, 3.8) is 0 Å². The van der Waals surface area contributed by atoms with E-state index < -0.39 is 11.6 Å². The number of hydrogen-bond donors (Lipinski definition) is 2. The van der Waals surface area contributed by atoms with Crippen molar-refractivity contribution in [3.05, 3.63) is 72.2 Å². The van der Waals surface area contributed by atoms with Crippen LogP contribution in [0.1, 0.15) is 5.82 Å². The number of aromatic nitrogens is 5. The number of imidazole rings is 1. The predicted octanol–water partition coefficient (Wildman–Crippen LogP) is 5.36. The molecule has 166 valence electrons. The summed E-state index contributed by atoms with van der Waals surface area (Å²) in [7, 11) is 3.56. The lowest BCUT2D eigenvalue weighted by Gasteiger charge is -2.10. The van der Waals surface area contributed by atoms with Crippen LogP contribution in [0.15, 0.2) is 54.7 Å². The first kappa shape index (κ1) is 20.6. The number of rotatable bonds is 5. The number of ether oxygens (including phenoxy) is 1. The van der Waals surface area contributed by atoms with Crippen molar-refractivity contribution < 1.29 is 13.5 Å². The molecule has 0 aliphatic rings. The van der Waals surface area contributed by atoms with Gasteiger partial charge in [-0.25, -0.2) is 18.7 Å². The van der Waals surface area contributed by atoms with E-state index in [0.717, 1.165) is 39.8 Å². The Hall–Kier alpha value is -4.27. The van der Waals surface area contributed by atoms with Crippen LogP contribution in [0.4, 0.5) is 20.3 Å². The van der Waals surface area contributed by atoms with E-state index in [2.05, 4.69) is 25.5 Å². The summed E-state index contributed by atoms with van der Waals surface area (Å²) >= 11 is 0. The normalized spacial score (nSPS) is 11.2. The molecule has 0 saturated heterocycles. The smallest absolute Gasteiger partial charge is 0.183 e. The van der Waals surface area contributed by atoms with Crippen molar-refractivity contribution in [2.45, 2.75) is 6.92 Å². The van der Waals surface area contributed by atoms with E-state index in [4.69, 9.17) is 4.74 Å². The van der Waals surface area contributed by atoms with Gasteiger partial charge < -0.3 is 14.6 Å². The van der Waals surface area contributed by atoms with Crippen molar-refractivity contribution in [1.82, 2.24) is 24.7 Å². The van der Waals surface area contributed by atoms with Gasteiger partial charge in [-0.2, -0.15) is 5.10 Å². The number of methoxy groups -OCH3 is 1. The highest BCUT2D eigenvalue weighted by atomic mass is 19.1. The second kappa shape index (κ2) is 8.01. The number of nitrogens with zero attached hydrogens (tertiary/aromatic N) is 4. The number of pyridine rings is 1. The van der Waals surface area contributed by atoms with Crippen LogP contribution in [-0.4, -0.2) is 31.8 Å². The number of benzene rings is 2. The molecule has 0 spiro atoms. The zero-order valence-electron chi connectivity index (χ0n) is 18.1. The van der Waals surface area contributed by atoms with E-state index in [1.807, 2.05) is 49.0 Å². The molecule has 7 nitrogen and oxygen atoms in total. The summed E-state index contributed by atoms with van der Waals surface area (Å²) in [4.78, 5) is 9.07. The van der Waals surface area contributed by atoms with Gasteiger partial charge in [0.15, 0.2) is 5.65 Å². The average Bonchev–Trinajstić information content (AvgIpc) is 3.38. The van der Waals surface area contributed by atoms with Gasteiger partial charge in [0.25, 0.3) is 0 Å². The molecule has 0 bridgehead atoms. The number of anilines is 2. The van der Waals surface area contributed by atoms with E-state index in [-0.39, 0.29) is 5.69 Å². The van der Waals surface area contributed by atoms with Gasteiger partial charge in [0, 0.05) is 35.8 Å². The van der Waals surface area contributed by atoms with Crippen LogP contribution in [0, 0.1) is 18.6 Å². The van der Waals surface area contributed by atoms with Crippen LogP contribution >= 0.6 is 0 Å². The summed E-state index contributed by atoms with van der Waals surface area (Å²) in [6.45, 7) is 1.95. The van der Waals surface area contributed by atoms with Crippen molar-refractivity contribution in [3.8, 4) is 28.3 Å². The Labute approximate surface area is 188 Å². The molecule has 0 saturated carbocycles. The zero-order chi connectivity index (χ0) is 23.1. The average molecular weight is 446 g/mol. The highest BCUT2D eigenvalue weighted by Crippen LogP contribution is 2.36. The third-order valence-electron chi connectivity index (χ3n) is 5.49. The van der Waals surface area contributed by atoms with E-state index in [1.165, 1.54) is 12.1 Å². The Morgan fingerprint density at radius 2 is 1.88 bits per heavy atom. The Morgan fingerprint density at radius 1 is 1.03 bits per heavy atom. The minimum atomic E-state index is -0.703. The lowest BCUT2D eigenvalue weighted by molar-refractivity contribution is 0.416. The number of hydrogen-bond acceptors (Lipinski definition) is 5. The third-order valence-corrected chi connectivity index (χ3v) is 5.49. The first-order chi connectivity index (χ1) is 15.9. The number of fused-ring (bicyclic) bond motifs is 1. The molecule has 0 fully saturated rings. The molecule has 0 aliphatic heterocycles. The first-order valence-electron chi connectivity index (χ1n) is 10.2. The maximum absolute atomic E-state index is 14.0. The second-order valence-electron chi connectivity index (χ2n) is 7.61. The van der Waals surface area contributed by atoms with Crippen molar-refractivity contribution in [1.29, 1.82) is 0 Å². The molecular weight excluding hydrogens is 426 g/mol. The fourth-order valence-corrected chi connectivity index (χ4v) is 3.66. The number of aryl methyl sites for hydroxylation is 2. The molecule has 3 heterocycles. The fourth-order valence-electron chi connectivity index (χ4n) is 3.66. The van der Waals surface area contributed by atoms with E-state index >= 15 is 0 Å². The van der Waals surface area contributed by atoms with Crippen LogP contribution in [0.5, 0.6) is 5.75 Å². The van der Waals surface area contributed by atoms with Crippen LogP contribution in [-0.2, 0) is 7.05 Å². The van der Waals surface area contributed by atoms with Crippen LogP contribution in [0.3, 0.4) is 0 Å². The van der Waals surface area contributed by atoms with Crippen molar-refractivity contribution in [2.24, 2.45) is 7.05 Å². The Kier molecular flexibility index (Phi) is 5.01. The molecule has 5 aromatic rings. The molecule has 0 amide bonds. The van der Waals surface area contributed by atoms with E-state index in [0.29, 0.717) is 17.2 Å². The Morgan fingerprint density at radius 3 is 2.61 bits per heavy atom. The predicted molar refractivity (Wildman–Crippen MR) is 122 cm³/mol. The lowest BCUT2D eigenvalue weighted by Crippen LogP contribution is -1.97. The van der Waals surface area contributed by atoms with Gasteiger partial charge in [0.05, 0.1) is 24.2 Å². The summed E-state index contributed by atoms with van der Waals surface area (Å²) in [6, 6.07) is 12.7. The molecule has 0 radical (unpaired) electrons. The van der Waals surface area contributed by atoms with Gasteiger partial charge in [0.1, 0.15) is 29.0 Å². The zero-order valence-corrected chi connectivity index (χ0v) is 18.1. The van der Waals surface area contributed by atoms with Crippen LogP contribution < -0.4 is 10.1 Å². The third kappa shape index (κ3) is 3.78.